The Balaban J connectivity index is 4.29. The summed E-state index contributed by atoms with van der Waals surface area (Å²) in [5.41, 5.74) is 0. The summed E-state index contributed by atoms with van der Waals surface area (Å²) in [6, 6.07) is 0. The van der Waals surface area contributed by atoms with Gasteiger partial charge in [0, 0.05) is 6.61 Å². The number of hydrogen-bond acceptors (Lipinski definition) is 3. The standard InChI is InChI=1S/C15H29FO3Si/c1-7-11-15(3,4)20(5,6)19-12-9-10-13(16)14(17)18-8-2/h10H,7-9,11-12H2,1-6H3/b13-10-. The highest BCUT2D eigenvalue weighted by atomic mass is 28.4. The molecular weight excluding hydrogens is 275 g/mol. The van der Waals surface area contributed by atoms with Crippen LogP contribution in [0.25, 0.3) is 0 Å². The smallest absolute Gasteiger partial charge is 0.366 e. The Bertz CT molecular complexity index is 338. The van der Waals surface area contributed by atoms with Crippen LogP contribution < -0.4 is 0 Å². The maximum Gasteiger partial charge on any atom is 0.366 e. The van der Waals surface area contributed by atoms with Crippen LogP contribution in [-0.4, -0.2) is 27.5 Å². The number of carbonyl (C=O) groups is 1. The lowest BCUT2D eigenvalue weighted by Crippen LogP contribution is -2.42. The van der Waals surface area contributed by atoms with Gasteiger partial charge in [0.1, 0.15) is 0 Å². The SMILES string of the molecule is CCCC(C)(C)[Si](C)(C)OCC/C=C(\F)C(=O)OCC. The van der Waals surface area contributed by atoms with Crippen molar-refractivity contribution >= 4 is 14.3 Å². The Hall–Kier alpha value is -0.683. The molecule has 0 aromatic carbocycles. The van der Waals surface area contributed by atoms with E-state index in [1.54, 1.807) is 6.92 Å². The first-order valence-corrected chi connectivity index (χ1v) is 10.3. The molecule has 5 heteroatoms. The van der Waals surface area contributed by atoms with Crippen LogP contribution in [0.1, 0.15) is 47.0 Å². The highest BCUT2D eigenvalue weighted by Crippen LogP contribution is 2.41. The van der Waals surface area contributed by atoms with Gasteiger partial charge in [-0.05, 0) is 44.0 Å². The summed E-state index contributed by atoms with van der Waals surface area (Å²) in [6.45, 7) is 13.3. The molecule has 0 spiro atoms. The van der Waals surface area contributed by atoms with Gasteiger partial charge in [-0.3, -0.25) is 0 Å². The van der Waals surface area contributed by atoms with Crippen LogP contribution in [0.4, 0.5) is 4.39 Å². The molecule has 0 aromatic rings. The summed E-state index contributed by atoms with van der Waals surface area (Å²) in [6.07, 6.45) is 3.89. The molecule has 0 atom stereocenters. The average Bonchev–Trinajstić information content (AvgIpc) is 2.34. The first-order valence-electron chi connectivity index (χ1n) is 7.34. The average molecular weight is 304 g/mol. The highest BCUT2D eigenvalue weighted by molar-refractivity contribution is 6.74. The summed E-state index contributed by atoms with van der Waals surface area (Å²) in [4.78, 5) is 11.1. The molecule has 3 nitrogen and oxygen atoms in total. The number of carbonyl (C=O) groups excluding carboxylic acids is 1. The minimum atomic E-state index is -1.83. The lowest BCUT2D eigenvalue weighted by atomic mass is 10.1. The monoisotopic (exact) mass is 304 g/mol. The van der Waals surface area contributed by atoms with Crippen LogP contribution >= 0.6 is 0 Å². The second-order valence-corrected chi connectivity index (χ2v) is 10.7. The van der Waals surface area contributed by atoms with Gasteiger partial charge < -0.3 is 9.16 Å². The number of hydrogen-bond donors (Lipinski definition) is 0. The van der Waals surface area contributed by atoms with E-state index in [-0.39, 0.29) is 11.6 Å². The molecule has 0 radical (unpaired) electrons. The summed E-state index contributed by atoms with van der Waals surface area (Å²) in [5, 5.41) is 0.186. The molecule has 0 amide bonds. The predicted octanol–water partition coefficient (Wildman–Crippen LogP) is 4.60. The van der Waals surface area contributed by atoms with Gasteiger partial charge in [-0.25, -0.2) is 4.79 Å². The van der Waals surface area contributed by atoms with Gasteiger partial charge >= 0.3 is 5.97 Å². The van der Waals surface area contributed by atoms with Crippen molar-refractivity contribution in [2.24, 2.45) is 0 Å². The molecule has 0 aliphatic rings. The Labute approximate surface area is 123 Å². The van der Waals surface area contributed by atoms with Crippen molar-refractivity contribution in [2.45, 2.75) is 65.1 Å². The first-order chi connectivity index (χ1) is 9.18. The molecule has 0 saturated carbocycles. The summed E-state index contributed by atoms with van der Waals surface area (Å²) in [5.74, 6) is -1.72. The Morgan fingerprint density at radius 2 is 1.90 bits per heavy atom. The van der Waals surface area contributed by atoms with E-state index >= 15 is 0 Å². The first kappa shape index (κ1) is 19.3. The molecule has 0 saturated heterocycles. The number of rotatable bonds is 9. The van der Waals surface area contributed by atoms with Gasteiger partial charge in [-0.2, -0.15) is 4.39 Å². The summed E-state index contributed by atoms with van der Waals surface area (Å²) in [7, 11) is -1.83. The largest absolute Gasteiger partial charge is 0.461 e. The molecule has 0 aliphatic carbocycles. The highest BCUT2D eigenvalue weighted by Gasteiger charge is 2.39. The van der Waals surface area contributed by atoms with Gasteiger partial charge in [-0.1, -0.05) is 27.2 Å². The molecule has 0 aliphatic heterocycles. The predicted molar refractivity (Wildman–Crippen MR) is 82.8 cm³/mol. The molecule has 118 valence electrons. The minimum absolute atomic E-state index is 0.182. The lowest BCUT2D eigenvalue weighted by Gasteiger charge is -2.39. The van der Waals surface area contributed by atoms with E-state index in [4.69, 9.17) is 4.43 Å². The van der Waals surface area contributed by atoms with Crippen molar-refractivity contribution in [3.8, 4) is 0 Å². The molecule has 0 heterocycles. The number of esters is 1. The van der Waals surface area contributed by atoms with Crippen molar-refractivity contribution < 1.29 is 18.3 Å². The normalized spacial score (nSPS) is 13.4. The molecule has 0 unspecified atom stereocenters. The van der Waals surface area contributed by atoms with Gasteiger partial charge in [0.15, 0.2) is 8.32 Å². The summed E-state index contributed by atoms with van der Waals surface area (Å²) < 4.78 is 23.9. The van der Waals surface area contributed by atoms with E-state index in [2.05, 4.69) is 38.6 Å². The van der Waals surface area contributed by atoms with Crippen LogP contribution in [0.15, 0.2) is 11.9 Å². The van der Waals surface area contributed by atoms with Gasteiger partial charge in [-0.15, -0.1) is 0 Å². The van der Waals surface area contributed by atoms with Gasteiger partial charge in [0.2, 0.25) is 5.83 Å². The third-order valence-corrected chi connectivity index (χ3v) is 8.32. The molecule has 0 N–H and O–H groups in total. The second kappa shape index (κ2) is 8.57. The Morgan fingerprint density at radius 3 is 2.40 bits per heavy atom. The molecule has 0 aromatic heterocycles. The second-order valence-electron chi connectivity index (χ2n) is 6.05. The molecular formula is C15H29FO3Si. The summed E-state index contributed by atoms with van der Waals surface area (Å²) >= 11 is 0. The number of ether oxygens (including phenoxy) is 1. The molecule has 0 bridgehead atoms. The third kappa shape index (κ3) is 6.18. The van der Waals surface area contributed by atoms with Crippen LogP contribution in [0.2, 0.25) is 18.1 Å². The van der Waals surface area contributed by atoms with Crippen molar-refractivity contribution in [3.63, 3.8) is 0 Å². The van der Waals surface area contributed by atoms with Crippen LogP contribution in [0.5, 0.6) is 0 Å². The Morgan fingerprint density at radius 1 is 1.30 bits per heavy atom. The van der Waals surface area contributed by atoms with Crippen LogP contribution in [0, 0.1) is 0 Å². The van der Waals surface area contributed by atoms with E-state index in [1.165, 1.54) is 6.08 Å². The molecule has 20 heavy (non-hydrogen) atoms. The molecule has 0 rings (SSSR count). The fraction of sp³-hybridized carbons (Fsp3) is 0.800. The van der Waals surface area contributed by atoms with Crippen molar-refractivity contribution in [1.82, 2.24) is 0 Å². The Kier molecular flexibility index (Phi) is 8.28. The zero-order valence-corrected chi connectivity index (χ0v) is 14.7. The third-order valence-electron chi connectivity index (χ3n) is 3.88. The van der Waals surface area contributed by atoms with E-state index in [0.717, 1.165) is 12.8 Å². The van der Waals surface area contributed by atoms with E-state index in [1.807, 2.05) is 0 Å². The lowest BCUT2D eigenvalue weighted by molar-refractivity contribution is -0.140. The van der Waals surface area contributed by atoms with Crippen molar-refractivity contribution in [1.29, 1.82) is 0 Å². The topological polar surface area (TPSA) is 35.5 Å². The van der Waals surface area contributed by atoms with Crippen LogP contribution in [0.3, 0.4) is 0 Å². The zero-order valence-electron chi connectivity index (χ0n) is 13.7. The quantitative estimate of drug-likeness (QED) is 0.270. The zero-order chi connectivity index (χ0) is 15.8. The van der Waals surface area contributed by atoms with Crippen molar-refractivity contribution in [2.75, 3.05) is 13.2 Å². The van der Waals surface area contributed by atoms with Crippen LogP contribution in [-0.2, 0) is 14.0 Å². The van der Waals surface area contributed by atoms with Gasteiger partial charge in [0.05, 0.1) is 6.61 Å². The van der Waals surface area contributed by atoms with E-state index in [9.17, 15) is 9.18 Å². The van der Waals surface area contributed by atoms with Gasteiger partial charge in [0.25, 0.3) is 0 Å². The van der Waals surface area contributed by atoms with E-state index < -0.39 is 20.1 Å². The maximum atomic E-state index is 13.3. The van der Waals surface area contributed by atoms with Crippen molar-refractivity contribution in [3.05, 3.63) is 11.9 Å². The fourth-order valence-electron chi connectivity index (χ4n) is 1.90. The fourth-order valence-corrected chi connectivity index (χ4v) is 3.78. The molecule has 0 fully saturated rings. The number of halogens is 1. The van der Waals surface area contributed by atoms with E-state index in [0.29, 0.717) is 13.0 Å². The minimum Gasteiger partial charge on any atom is -0.461 e. The maximum absolute atomic E-state index is 13.3.